The summed E-state index contributed by atoms with van der Waals surface area (Å²) in [6, 6.07) is 11.4. The van der Waals surface area contributed by atoms with Gasteiger partial charge in [0.05, 0.1) is 0 Å². The van der Waals surface area contributed by atoms with Crippen LogP contribution in [-0.2, 0) is 0 Å². The topological polar surface area (TPSA) is 12.0 Å². The number of hydrogen-bond donors (Lipinski definition) is 1. The van der Waals surface area contributed by atoms with Crippen molar-refractivity contribution in [1.82, 2.24) is 5.32 Å². The van der Waals surface area contributed by atoms with Gasteiger partial charge in [0, 0.05) is 16.2 Å². The second-order valence-corrected chi connectivity index (χ2v) is 6.84. The van der Waals surface area contributed by atoms with E-state index < -0.39 is 0 Å². The van der Waals surface area contributed by atoms with Gasteiger partial charge in [-0.2, -0.15) is 0 Å². The number of hydrogen-bond acceptors (Lipinski definition) is 2. The van der Waals surface area contributed by atoms with Crippen molar-refractivity contribution in [3.63, 3.8) is 0 Å². The Bertz CT molecular complexity index is 347. The van der Waals surface area contributed by atoms with E-state index in [9.17, 15) is 0 Å². The molecule has 0 aromatic heterocycles. The van der Waals surface area contributed by atoms with Gasteiger partial charge in [0.2, 0.25) is 0 Å². The molecule has 0 heterocycles. The monoisotopic (exact) mass is 249 g/mol. The number of nitrogens with one attached hydrogen (secondary N) is 1. The van der Waals surface area contributed by atoms with Gasteiger partial charge in [0.1, 0.15) is 0 Å². The van der Waals surface area contributed by atoms with E-state index in [-0.39, 0.29) is 0 Å². The lowest BCUT2D eigenvalue weighted by atomic mass is 9.87. The molecule has 0 amide bonds. The average molecular weight is 249 g/mol. The van der Waals surface area contributed by atoms with E-state index in [1.54, 1.807) is 0 Å². The van der Waals surface area contributed by atoms with Crippen LogP contribution in [0.1, 0.15) is 33.6 Å². The lowest BCUT2D eigenvalue weighted by Gasteiger charge is -2.31. The molecule has 2 atom stereocenters. The van der Waals surface area contributed by atoms with Crippen LogP contribution in [0, 0.1) is 5.41 Å². The third-order valence-electron chi connectivity index (χ3n) is 3.74. The molecule has 94 valence electrons. The van der Waals surface area contributed by atoms with Gasteiger partial charge < -0.3 is 5.32 Å². The van der Waals surface area contributed by atoms with Crippen LogP contribution in [0.15, 0.2) is 35.2 Å². The highest BCUT2D eigenvalue weighted by Crippen LogP contribution is 2.44. The zero-order chi connectivity index (χ0) is 12.3. The summed E-state index contributed by atoms with van der Waals surface area (Å²) in [5.41, 5.74) is 0.433. The molecular formula is C15H23NS. The van der Waals surface area contributed by atoms with Crippen LogP contribution < -0.4 is 5.32 Å². The Balaban J connectivity index is 2.06. The summed E-state index contributed by atoms with van der Waals surface area (Å²) in [5.74, 6) is 0. The number of rotatable bonds is 4. The van der Waals surface area contributed by atoms with Gasteiger partial charge in [-0.1, -0.05) is 39.0 Å². The molecule has 1 aromatic carbocycles. The van der Waals surface area contributed by atoms with Crippen molar-refractivity contribution in [2.75, 3.05) is 6.54 Å². The molecule has 0 aliphatic heterocycles. The van der Waals surface area contributed by atoms with Crippen molar-refractivity contribution in [1.29, 1.82) is 0 Å². The maximum atomic E-state index is 3.68. The molecule has 2 unspecified atom stereocenters. The summed E-state index contributed by atoms with van der Waals surface area (Å²) >= 11 is 2.04. The Morgan fingerprint density at radius 2 is 2.00 bits per heavy atom. The van der Waals surface area contributed by atoms with E-state index in [1.165, 1.54) is 17.7 Å². The van der Waals surface area contributed by atoms with Crippen molar-refractivity contribution < 1.29 is 0 Å². The van der Waals surface area contributed by atoms with E-state index in [2.05, 4.69) is 56.4 Å². The van der Waals surface area contributed by atoms with Crippen molar-refractivity contribution in [2.24, 2.45) is 5.41 Å². The van der Waals surface area contributed by atoms with E-state index in [0.717, 1.165) is 6.54 Å². The summed E-state index contributed by atoms with van der Waals surface area (Å²) < 4.78 is 0. The molecule has 0 saturated heterocycles. The minimum Gasteiger partial charge on any atom is -0.313 e. The Morgan fingerprint density at radius 3 is 2.65 bits per heavy atom. The first kappa shape index (κ1) is 13.0. The first-order valence-electron chi connectivity index (χ1n) is 6.58. The number of thioether (sulfide) groups is 1. The predicted molar refractivity (Wildman–Crippen MR) is 76.6 cm³/mol. The first-order chi connectivity index (χ1) is 8.13. The molecule has 1 nitrogen and oxygen atoms in total. The smallest absolute Gasteiger partial charge is 0.0253 e. The van der Waals surface area contributed by atoms with Crippen LogP contribution in [0.25, 0.3) is 0 Å². The third kappa shape index (κ3) is 3.05. The molecule has 1 fully saturated rings. The highest BCUT2D eigenvalue weighted by Gasteiger charge is 2.41. The van der Waals surface area contributed by atoms with Crippen LogP contribution in [0.5, 0.6) is 0 Å². The summed E-state index contributed by atoms with van der Waals surface area (Å²) in [4.78, 5) is 1.40. The standard InChI is InChI=1S/C15H23NS/c1-4-16-14-13(10-11-15(14,2)3)17-12-8-6-5-7-9-12/h5-9,13-14,16H,4,10-11H2,1-3H3. The Labute approximate surface area is 109 Å². The van der Waals surface area contributed by atoms with Crippen LogP contribution in [0.3, 0.4) is 0 Å². The molecule has 1 aliphatic rings. The molecule has 0 spiro atoms. The van der Waals surface area contributed by atoms with E-state index in [1.807, 2.05) is 11.8 Å². The van der Waals surface area contributed by atoms with Crippen LogP contribution in [0.4, 0.5) is 0 Å². The average Bonchev–Trinajstić information content (AvgIpc) is 2.58. The van der Waals surface area contributed by atoms with Crippen LogP contribution >= 0.6 is 11.8 Å². The van der Waals surface area contributed by atoms with Crippen molar-refractivity contribution in [3.8, 4) is 0 Å². The van der Waals surface area contributed by atoms with Crippen molar-refractivity contribution >= 4 is 11.8 Å². The second-order valence-electron chi connectivity index (χ2n) is 5.53. The predicted octanol–water partition coefficient (Wildman–Crippen LogP) is 3.95. The lowest BCUT2D eigenvalue weighted by molar-refractivity contribution is 0.290. The molecule has 1 aromatic rings. The van der Waals surface area contributed by atoms with Gasteiger partial charge in [-0.05, 0) is 36.9 Å². The molecule has 1 aliphatic carbocycles. The highest BCUT2D eigenvalue weighted by atomic mass is 32.2. The maximum absolute atomic E-state index is 3.68. The highest BCUT2D eigenvalue weighted by molar-refractivity contribution is 8.00. The van der Waals surface area contributed by atoms with Crippen molar-refractivity contribution in [2.45, 2.75) is 49.8 Å². The summed E-state index contributed by atoms with van der Waals surface area (Å²) in [6.07, 6.45) is 2.65. The van der Waals surface area contributed by atoms with Gasteiger partial charge in [-0.25, -0.2) is 0 Å². The van der Waals surface area contributed by atoms with Gasteiger partial charge in [0.15, 0.2) is 0 Å². The number of benzene rings is 1. The molecule has 2 heteroatoms. The molecular weight excluding hydrogens is 226 g/mol. The van der Waals surface area contributed by atoms with Gasteiger partial charge in [-0.15, -0.1) is 11.8 Å². The first-order valence-corrected chi connectivity index (χ1v) is 7.46. The zero-order valence-electron chi connectivity index (χ0n) is 11.1. The fraction of sp³-hybridized carbons (Fsp3) is 0.600. The molecule has 1 saturated carbocycles. The van der Waals surface area contributed by atoms with E-state index in [4.69, 9.17) is 0 Å². The summed E-state index contributed by atoms with van der Waals surface area (Å²) in [5, 5.41) is 4.40. The second kappa shape index (κ2) is 5.45. The molecule has 17 heavy (non-hydrogen) atoms. The van der Waals surface area contributed by atoms with E-state index in [0.29, 0.717) is 16.7 Å². The maximum Gasteiger partial charge on any atom is 0.0253 e. The van der Waals surface area contributed by atoms with Crippen LogP contribution in [0.2, 0.25) is 0 Å². The third-order valence-corrected chi connectivity index (χ3v) is 5.10. The fourth-order valence-corrected chi connectivity index (χ4v) is 4.27. The fourth-order valence-electron chi connectivity index (χ4n) is 2.77. The molecule has 1 N–H and O–H groups in total. The van der Waals surface area contributed by atoms with Crippen molar-refractivity contribution in [3.05, 3.63) is 30.3 Å². The SMILES string of the molecule is CCNC1C(Sc2ccccc2)CCC1(C)C. The molecule has 0 radical (unpaired) electrons. The summed E-state index contributed by atoms with van der Waals surface area (Å²) in [7, 11) is 0. The lowest BCUT2D eigenvalue weighted by Crippen LogP contribution is -2.43. The Hall–Kier alpha value is -0.470. The minimum absolute atomic E-state index is 0.433. The van der Waals surface area contributed by atoms with Gasteiger partial charge >= 0.3 is 0 Å². The van der Waals surface area contributed by atoms with Gasteiger partial charge in [0.25, 0.3) is 0 Å². The normalized spacial score (nSPS) is 27.2. The quantitative estimate of drug-likeness (QED) is 0.867. The summed E-state index contributed by atoms with van der Waals surface area (Å²) in [6.45, 7) is 8.07. The Morgan fingerprint density at radius 1 is 1.29 bits per heavy atom. The minimum atomic E-state index is 0.433. The molecule has 2 rings (SSSR count). The zero-order valence-corrected chi connectivity index (χ0v) is 11.9. The Kier molecular flexibility index (Phi) is 4.16. The van der Waals surface area contributed by atoms with Gasteiger partial charge in [-0.3, -0.25) is 0 Å². The largest absolute Gasteiger partial charge is 0.313 e. The molecule has 0 bridgehead atoms. The van der Waals surface area contributed by atoms with E-state index >= 15 is 0 Å². The van der Waals surface area contributed by atoms with Crippen LogP contribution in [-0.4, -0.2) is 17.8 Å².